The van der Waals surface area contributed by atoms with Crippen LogP contribution in [0.5, 0.6) is 0 Å². The second kappa shape index (κ2) is 12.4. The van der Waals surface area contributed by atoms with E-state index >= 15 is 0 Å². The van der Waals surface area contributed by atoms with E-state index in [9.17, 15) is 18.0 Å². The van der Waals surface area contributed by atoms with Crippen molar-refractivity contribution < 1.29 is 18.0 Å². The SMILES string of the molecule is CNC(=O)[C@H](Cc1ccccc1)N(Cc1ccc(C)cc1)C(=O)CN(c1cc(Cl)cc(Cl)c1)S(C)(=O)=O. The molecule has 37 heavy (non-hydrogen) atoms. The van der Waals surface area contributed by atoms with Crippen molar-refractivity contribution in [2.45, 2.75) is 25.9 Å². The number of amides is 2. The molecule has 0 bridgehead atoms. The summed E-state index contributed by atoms with van der Waals surface area (Å²) >= 11 is 12.2. The highest BCUT2D eigenvalue weighted by Gasteiger charge is 2.32. The lowest BCUT2D eigenvalue weighted by molar-refractivity contribution is -0.139. The second-order valence-corrected chi connectivity index (χ2v) is 11.5. The van der Waals surface area contributed by atoms with Crippen molar-refractivity contribution in [3.63, 3.8) is 0 Å². The topological polar surface area (TPSA) is 86.8 Å². The van der Waals surface area contributed by atoms with E-state index in [2.05, 4.69) is 5.32 Å². The number of likely N-dealkylation sites (N-methyl/N-ethyl adjacent to an activating group) is 1. The van der Waals surface area contributed by atoms with E-state index in [4.69, 9.17) is 23.2 Å². The summed E-state index contributed by atoms with van der Waals surface area (Å²) in [6.45, 7) is 1.52. The molecule has 0 heterocycles. The van der Waals surface area contributed by atoms with Gasteiger partial charge in [0.2, 0.25) is 21.8 Å². The molecule has 7 nitrogen and oxygen atoms in total. The first kappa shape index (κ1) is 28.5. The molecule has 0 aliphatic heterocycles. The monoisotopic (exact) mass is 561 g/mol. The van der Waals surface area contributed by atoms with Crippen LogP contribution >= 0.6 is 23.2 Å². The zero-order chi connectivity index (χ0) is 27.2. The van der Waals surface area contributed by atoms with Crippen LogP contribution in [0, 0.1) is 6.92 Å². The summed E-state index contributed by atoms with van der Waals surface area (Å²) < 4.78 is 26.4. The molecule has 0 aromatic heterocycles. The lowest BCUT2D eigenvalue weighted by Crippen LogP contribution is -2.52. The van der Waals surface area contributed by atoms with E-state index in [1.807, 2.05) is 61.5 Å². The number of aryl methyl sites for hydroxylation is 1. The Bertz CT molecular complexity index is 1330. The summed E-state index contributed by atoms with van der Waals surface area (Å²) in [6.07, 6.45) is 1.25. The molecule has 0 radical (unpaired) electrons. The highest BCUT2D eigenvalue weighted by atomic mass is 35.5. The number of nitrogens with one attached hydrogen (secondary N) is 1. The molecule has 0 saturated heterocycles. The lowest BCUT2D eigenvalue weighted by Gasteiger charge is -2.33. The van der Waals surface area contributed by atoms with Crippen molar-refractivity contribution in [1.82, 2.24) is 10.2 Å². The number of carbonyl (C=O) groups is 2. The maximum Gasteiger partial charge on any atom is 0.244 e. The van der Waals surface area contributed by atoms with Crippen LogP contribution < -0.4 is 9.62 Å². The molecule has 3 rings (SSSR count). The Hall–Kier alpha value is -3.07. The number of sulfonamides is 1. The number of hydrogen-bond acceptors (Lipinski definition) is 4. The zero-order valence-corrected chi connectivity index (χ0v) is 23.1. The van der Waals surface area contributed by atoms with E-state index in [-0.39, 0.29) is 34.6 Å². The molecule has 0 saturated carbocycles. The standard InChI is InChI=1S/C27H29Cl2N3O4S/c1-19-9-11-21(12-10-19)17-31(25(27(34)30-2)13-20-7-5-4-6-8-20)26(33)18-32(37(3,35)36)24-15-22(28)14-23(29)16-24/h4-12,14-16,25H,13,17-18H2,1-3H3,(H,30,34)/t25-/m0/s1. The van der Waals surface area contributed by atoms with Crippen LogP contribution in [0.3, 0.4) is 0 Å². The summed E-state index contributed by atoms with van der Waals surface area (Å²) in [5.41, 5.74) is 2.87. The average molecular weight is 563 g/mol. The van der Waals surface area contributed by atoms with Gasteiger partial charge in [0.15, 0.2) is 0 Å². The molecule has 0 spiro atoms. The van der Waals surface area contributed by atoms with E-state index in [1.54, 1.807) is 0 Å². The second-order valence-electron chi connectivity index (χ2n) is 8.72. The Morgan fingerprint density at radius 2 is 1.51 bits per heavy atom. The van der Waals surface area contributed by atoms with Gasteiger partial charge in [0.05, 0.1) is 11.9 Å². The highest BCUT2D eigenvalue weighted by Crippen LogP contribution is 2.27. The fraction of sp³-hybridized carbons (Fsp3) is 0.259. The minimum Gasteiger partial charge on any atom is -0.357 e. The van der Waals surface area contributed by atoms with Gasteiger partial charge in [-0.1, -0.05) is 83.4 Å². The Morgan fingerprint density at radius 3 is 2.05 bits per heavy atom. The van der Waals surface area contributed by atoms with Gasteiger partial charge in [-0.15, -0.1) is 0 Å². The van der Waals surface area contributed by atoms with Gasteiger partial charge in [-0.2, -0.15) is 0 Å². The van der Waals surface area contributed by atoms with Crippen molar-refractivity contribution in [2.75, 3.05) is 24.2 Å². The van der Waals surface area contributed by atoms with Gasteiger partial charge < -0.3 is 10.2 Å². The number of halogens is 2. The largest absolute Gasteiger partial charge is 0.357 e. The van der Waals surface area contributed by atoms with E-state index < -0.39 is 28.5 Å². The quantitative estimate of drug-likeness (QED) is 0.396. The van der Waals surface area contributed by atoms with Gasteiger partial charge in [0.25, 0.3) is 0 Å². The molecular weight excluding hydrogens is 533 g/mol. The molecule has 196 valence electrons. The van der Waals surface area contributed by atoms with E-state index in [0.717, 1.165) is 27.3 Å². The van der Waals surface area contributed by atoms with Crippen LogP contribution in [0.15, 0.2) is 72.8 Å². The minimum absolute atomic E-state index is 0.109. The van der Waals surface area contributed by atoms with Crippen LogP contribution in [-0.4, -0.2) is 51.0 Å². The molecule has 0 unspecified atom stereocenters. The predicted molar refractivity (Wildman–Crippen MR) is 148 cm³/mol. The maximum absolute atomic E-state index is 13.8. The third kappa shape index (κ3) is 7.95. The minimum atomic E-state index is -3.90. The summed E-state index contributed by atoms with van der Waals surface area (Å²) in [4.78, 5) is 28.3. The number of rotatable bonds is 10. The number of benzene rings is 3. The van der Waals surface area contributed by atoms with E-state index in [0.29, 0.717) is 0 Å². The summed E-state index contributed by atoms with van der Waals surface area (Å²) in [5, 5.41) is 3.10. The maximum atomic E-state index is 13.8. The highest BCUT2D eigenvalue weighted by molar-refractivity contribution is 7.92. The van der Waals surface area contributed by atoms with Crippen molar-refractivity contribution in [3.8, 4) is 0 Å². The number of hydrogen-bond donors (Lipinski definition) is 1. The molecule has 10 heteroatoms. The van der Waals surface area contributed by atoms with E-state index in [1.165, 1.54) is 30.1 Å². The van der Waals surface area contributed by atoms with Gasteiger partial charge in [-0.25, -0.2) is 8.42 Å². The van der Waals surface area contributed by atoms with Gasteiger partial charge >= 0.3 is 0 Å². The van der Waals surface area contributed by atoms with Crippen molar-refractivity contribution in [1.29, 1.82) is 0 Å². The Labute approximate surface area is 228 Å². The van der Waals surface area contributed by atoms with Crippen LogP contribution in [0.2, 0.25) is 10.0 Å². The van der Waals surface area contributed by atoms with Crippen molar-refractivity contribution >= 4 is 50.7 Å². The fourth-order valence-electron chi connectivity index (χ4n) is 3.91. The molecule has 0 aliphatic rings. The number of carbonyl (C=O) groups excluding carboxylic acids is 2. The third-order valence-electron chi connectivity index (χ3n) is 5.81. The fourth-order valence-corrected chi connectivity index (χ4v) is 5.26. The average Bonchev–Trinajstić information content (AvgIpc) is 2.84. The first-order chi connectivity index (χ1) is 17.5. The van der Waals surface area contributed by atoms with Crippen LogP contribution in [0.25, 0.3) is 0 Å². The molecule has 3 aromatic carbocycles. The number of anilines is 1. The predicted octanol–water partition coefficient (Wildman–Crippen LogP) is 4.45. The first-order valence-electron chi connectivity index (χ1n) is 11.5. The molecule has 1 atom stereocenters. The Balaban J connectivity index is 2.03. The van der Waals surface area contributed by atoms with Crippen molar-refractivity contribution in [3.05, 3.63) is 99.5 Å². The van der Waals surface area contributed by atoms with Gasteiger partial charge in [0.1, 0.15) is 12.6 Å². The van der Waals surface area contributed by atoms with Gasteiger partial charge in [-0.3, -0.25) is 13.9 Å². The normalized spacial score (nSPS) is 12.0. The Kier molecular flexibility index (Phi) is 9.59. The first-order valence-corrected chi connectivity index (χ1v) is 14.1. The third-order valence-corrected chi connectivity index (χ3v) is 7.38. The molecule has 0 fully saturated rings. The molecular formula is C27H29Cl2N3O4S. The lowest BCUT2D eigenvalue weighted by atomic mass is 10.0. The smallest absolute Gasteiger partial charge is 0.244 e. The van der Waals surface area contributed by atoms with Gasteiger partial charge in [-0.05, 0) is 36.2 Å². The van der Waals surface area contributed by atoms with Crippen LogP contribution in [-0.2, 0) is 32.6 Å². The van der Waals surface area contributed by atoms with Crippen LogP contribution in [0.1, 0.15) is 16.7 Å². The summed E-state index contributed by atoms with van der Waals surface area (Å²) in [6, 6.07) is 20.4. The number of nitrogens with zero attached hydrogens (tertiary/aromatic N) is 2. The summed E-state index contributed by atoms with van der Waals surface area (Å²) in [5.74, 6) is -0.910. The van der Waals surface area contributed by atoms with Crippen LogP contribution in [0.4, 0.5) is 5.69 Å². The Morgan fingerprint density at radius 1 is 0.919 bits per heavy atom. The zero-order valence-electron chi connectivity index (χ0n) is 20.8. The molecule has 1 N–H and O–H groups in total. The summed E-state index contributed by atoms with van der Waals surface area (Å²) in [7, 11) is -2.40. The van der Waals surface area contributed by atoms with Gasteiger partial charge in [0, 0.05) is 30.1 Å². The molecule has 2 amide bonds. The molecule has 3 aromatic rings. The van der Waals surface area contributed by atoms with Crippen molar-refractivity contribution in [2.24, 2.45) is 0 Å². The molecule has 0 aliphatic carbocycles.